The van der Waals surface area contributed by atoms with Crippen LogP contribution in [0.15, 0.2) is 47.4 Å². The van der Waals surface area contributed by atoms with E-state index >= 15 is 0 Å². The van der Waals surface area contributed by atoms with Crippen LogP contribution in [0.2, 0.25) is 5.02 Å². The highest BCUT2D eigenvalue weighted by Crippen LogP contribution is 2.25. The van der Waals surface area contributed by atoms with Crippen LogP contribution in [-0.2, 0) is 14.3 Å². The number of halogens is 2. The highest BCUT2D eigenvalue weighted by atomic mass is 35.5. The van der Waals surface area contributed by atoms with Crippen LogP contribution in [0.1, 0.15) is 24.2 Å². The van der Waals surface area contributed by atoms with Gasteiger partial charge in [0.1, 0.15) is 11.6 Å². The molecule has 0 saturated carbocycles. The number of anilines is 1. The van der Waals surface area contributed by atoms with Gasteiger partial charge in [-0.3, -0.25) is 9.59 Å². The molecule has 0 bridgehead atoms. The van der Waals surface area contributed by atoms with Crippen molar-refractivity contribution in [2.45, 2.75) is 24.8 Å². The van der Waals surface area contributed by atoms with Crippen molar-refractivity contribution in [2.24, 2.45) is 0 Å². The average molecular weight is 410 g/mol. The zero-order chi connectivity index (χ0) is 20.0. The van der Waals surface area contributed by atoms with Crippen molar-refractivity contribution in [2.75, 3.05) is 11.1 Å². The van der Waals surface area contributed by atoms with Crippen LogP contribution >= 0.6 is 23.4 Å². The van der Waals surface area contributed by atoms with Crippen LogP contribution in [0.5, 0.6) is 0 Å². The van der Waals surface area contributed by atoms with Gasteiger partial charge in [-0.1, -0.05) is 23.7 Å². The van der Waals surface area contributed by atoms with Gasteiger partial charge in [-0.25, -0.2) is 9.18 Å². The summed E-state index contributed by atoms with van der Waals surface area (Å²) in [6.07, 6.45) is -1.11. The summed E-state index contributed by atoms with van der Waals surface area (Å²) in [4.78, 5) is 36.4. The second kappa shape index (κ2) is 9.53. The number of esters is 1. The molecule has 2 aromatic carbocycles. The zero-order valence-corrected chi connectivity index (χ0v) is 16.2. The maximum Gasteiger partial charge on any atom is 0.340 e. The minimum absolute atomic E-state index is 0.0212. The number of hydrogen-bond acceptors (Lipinski definition) is 5. The number of benzene rings is 2. The zero-order valence-electron chi connectivity index (χ0n) is 14.6. The van der Waals surface area contributed by atoms with E-state index < -0.39 is 23.8 Å². The molecule has 1 atom stereocenters. The first kappa shape index (κ1) is 20.9. The molecular weight excluding hydrogens is 393 g/mol. The lowest BCUT2D eigenvalue weighted by Gasteiger charge is -2.15. The van der Waals surface area contributed by atoms with Gasteiger partial charge in [-0.15, -0.1) is 11.8 Å². The molecule has 0 aromatic heterocycles. The Labute approximate surface area is 165 Å². The summed E-state index contributed by atoms with van der Waals surface area (Å²) in [6, 6.07) is 10.2. The molecular formula is C19H17ClFNO4S. The SMILES string of the molecule is CC(=O)CSc1ccccc1C(=O)O[C@@H](C)C(=O)Nc1ccc(F)cc1Cl. The van der Waals surface area contributed by atoms with Gasteiger partial charge in [-0.05, 0) is 44.2 Å². The van der Waals surface area contributed by atoms with Gasteiger partial charge in [0.25, 0.3) is 5.91 Å². The number of Topliss-reactive ketones (excluding diaryl/α,β-unsaturated/α-hetero) is 1. The molecule has 2 rings (SSSR count). The number of amides is 1. The Morgan fingerprint density at radius 3 is 2.59 bits per heavy atom. The Balaban J connectivity index is 2.04. The largest absolute Gasteiger partial charge is 0.449 e. The van der Waals surface area contributed by atoms with E-state index in [0.29, 0.717) is 4.90 Å². The summed E-state index contributed by atoms with van der Waals surface area (Å²) in [5.41, 5.74) is 0.478. The molecule has 0 fully saturated rings. The van der Waals surface area contributed by atoms with Crippen LogP contribution in [-0.4, -0.2) is 29.5 Å². The molecule has 0 aliphatic rings. The third-order valence-electron chi connectivity index (χ3n) is 3.38. The topological polar surface area (TPSA) is 72.5 Å². The number of ether oxygens (including phenoxy) is 1. The standard InChI is InChI=1S/C19H17ClFNO4S/c1-11(23)10-27-17-6-4-3-5-14(17)19(25)26-12(2)18(24)22-16-8-7-13(21)9-15(16)20/h3-9,12H,10H2,1-2H3,(H,22,24)/t12-/m0/s1. The van der Waals surface area contributed by atoms with Gasteiger partial charge in [0.15, 0.2) is 6.10 Å². The average Bonchev–Trinajstić information content (AvgIpc) is 2.62. The third kappa shape index (κ3) is 6.08. The minimum Gasteiger partial charge on any atom is -0.449 e. The van der Waals surface area contributed by atoms with E-state index in [4.69, 9.17) is 16.3 Å². The molecule has 1 N–H and O–H groups in total. The summed E-state index contributed by atoms with van der Waals surface area (Å²) in [5, 5.41) is 2.52. The Morgan fingerprint density at radius 2 is 1.93 bits per heavy atom. The van der Waals surface area contributed by atoms with E-state index in [2.05, 4.69) is 5.32 Å². The number of ketones is 1. The number of rotatable bonds is 7. The van der Waals surface area contributed by atoms with Crippen LogP contribution in [0.25, 0.3) is 0 Å². The number of carbonyl (C=O) groups excluding carboxylic acids is 3. The summed E-state index contributed by atoms with van der Waals surface area (Å²) in [7, 11) is 0. The lowest BCUT2D eigenvalue weighted by atomic mass is 10.2. The monoisotopic (exact) mass is 409 g/mol. The van der Waals surface area contributed by atoms with Crippen molar-refractivity contribution in [3.63, 3.8) is 0 Å². The first-order valence-electron chi connectivity index (χ1n) is 7.96. The van der Waals surface area contributed by atoms with Crippen molar-refractivity contribution in [1.29, 1.82) is 0 Å². The molecule has 0 unspecified atom stereocenters. The normalized spacial score (nSPS) is 11.6. The van der Waals surface area contributed by atoms with Crippen molar-refractivity contribution in [3.8, 4) is 0 Å². The lowest BCUT2D eigenvalue weighted by molar-refractivity contribution is -0.123. The highest BCUT2D eigenvalue weighted by molar-refractivity contribution is 8.00. The molecule has 1 amide bonds. The van der Waals surface area contributed by atoms with E-state index in [1.54, 1.807) is 24.3 Å². The van der Waals surface area contributed by atoms with Crippen molar-refractivity contribution in [1.82, 2.24) is 0 Å². The minimum atomic E-state index is -1.11. The number of carbonyl (C=O) groups is 3. The van der Waals surface area contributed by atoms with Crippen LogP contribution < -0.4 is 5.32 Å². The molecule has 27 heavy (non-hydrogen) atoms. The lowest BCUT2D eigenvalue weighted by Crippen LogP contribution is -2.30. The third-order valence-corrected chi connectivity index (χ3v) is 4.91. The Bertz CT molecular complexity index is 875. The molecule has 8 heteroatoms. The van der Waals surface area contributed by atoms with Gasteiger partial charge in [0.05, 0.1) is 22.0 Å². The first-order chi connectivity index (χ1) is 12.8. The van der Waals surface area contributed by atoms with Crippen molar-refractivity contribution < 1.29 is 23.5 Å². The van der Waals surface area contributed by atoms with Gasteiger partial charge in [0, 0.05) is 4.90 Å². The summed E-state index contributed by atoms with van der Waals surface area (Å²) in [6.45, 7) is 2.87. The molecule has 142 valence electrons. The Kier molecular flexibility index (Phi) is 7.38. The fourth-order valence-electron chi connectivity index (χ4n) is 2.04. The highest BCUT2D eigenvalue weighted by Gasteiger charge is 2.21. The van der Waals surface area contributed by atoms with Crippen LogP contribution in [0.4, 0.5) is 10.1 Å². The second-order valence-electron chi connectivity index (χ2n) is 5.65. The van der Waals surface area contributed by atoms with Gasteiger partial charge >= 0.3 is 5.97 Å². The molecule has 2 aromatic rings. The summed E-state index contributed by atoms with van der Waals surface area (Å²) < 4.78 is 18.3. The van der Waals surface area contributed by atoms with Crippen LogP contribution in [0, 0.1) is 5.82 Å². The van der Waals surface area contributed by atoms with Crippen LogP contribution in [0.3, 0.4) is 0 Å². The number of thioether (sulfide) groups is 1. The van der Waals surface area contributed by atoms with E-state index in [-0.39, 0.29) is 27.8 Å². The van der Waals surface area contributed by atoms with Gasteiger partial charge < -0.3 is 10.1 Å². The Hall–Kier alpha value is -2.38. The van der Waals surface area contributed by atoms with Gasteiger partial charge in [-0.2, -0.15) is 0 Å². The smallest absolute Gasteiger partial charge is 0.340 e. The van der Waals surface area contributed by atoms with E-state index in [0.717, 1.165) is 12.1 Å². The molecule has 5 nitrogen and oxygen atoms in total. The number of nitrogens with one attached hydrogen (secondary N) is 1. The van der Waals surface area contributed by atoms with E-state index in [1.165, 1.54) is 31.7 Å². The van der Waals surface area contributed by atoms with Crippen molar-refractivity contribution >= 4 is 46.7 Å². The fourth-order valence-corrected chi connectivity index (χ4v) is 3.10. The van der Waals surface area contributed by atoms with E-state index in [9.17, 15) is 18.8 Å². The van der Waals surface area contributed by atoms with Crippen molar-refractivity contribution in [3.05, 3.63) is 58.9 Å². The van der Waals surface area contributed by atoms with E-state index in [1.807, 2.05) is 0 Å². The molecule has 0 saturated heterocycles. The van der Waals surface area contributed by atoms with Gasteiger partial charge in [0.2, 0.25) is 0 Å². The maximum atomic E-state index is 13.1. The molecule has 0 spiro atoms. The quantitative estimate of drug-likeness (QED) is 0.544. The summed E-state index contributed by atoms with van der Waals surface area (Å²) in [5.74, 6) is -1.62. The number of hydrogen-bond donors (Lipinski definition) is 1. The molecule has 0 heterocycles. The second-order valence-corrected chi connectivity index (χ2v) is 7.07. The predicted octanol–water partition coefficient (Wildman–Crippen LogP) is 4.34. The summed E-state index contributed by atoms with van der Waals surface area (Å²) >= 11 is 7.09. The molecule has 0 aliphatic carbocycles. The fraction of sp³-hybridized carbons (Fsp3) is 0.211. The Morgan fingerprint density at radius 1 is 1.22 bits per heavy atom. The molecule has 0 radical (unpaired) electrons. The first-order valence-corrected chi connectivity index (χ1v) is 9.32. The molecule has 0 aliphatic heterocycles. The maximum absolute atomic E-state index is 13.1. The predicted molar refractivity (Wildman–Crippen MR) is 103 cm³/mol.